The second-order valence-corrected chi connectivity index (χ2v) is 8.73. The first kappa shape index (κ1) is 32.0. The number of hydrogen-bond donors (Lipinski definition) is 2. The van der Waals surface area contributed by atoms with Gasteiger partial charge in [-0.1, -0.05) is 6.07 Å². The number of alkyl halides is 6. The van der Waals surface area contributed by atoms with Crippen LogP contribution in [-0.4, -0.2) is 86.8 Å². The molecule has 218 valence electrons. The maximum Gasteiger partial charge on any atom is 0.490 e. The zero-order valence-corrected chi connectivity index (χ0v) is 20.6. The van der Waals surface area contributed by atoms with E-state index in [0.29, 0.717) is 18.4 Å². The van der Waals surface area contributed by atoms with Crippen molar-refractivity contribution in [3.8, 4) is 0 Å². The lowest BCUT2D eigenvalue weighted by atomic mass is 10.1. The number of carboxylic acid groups (broad SMARTS) is 2. The van der Waals surface area contributed by atoms with Crippen LogP contribution in [0.1, 0.15) is 17.9 Å². The molecule has 1 saturated heterocycles. The van der Waals surface area contributed by atoms with E-state index in [0.717, 1.165) is 57.5 Å². The van der Waals surface area contributed by atoms with E-state index in [1.54, 1.807) is 0 Å². The number of aromatic nitrogens is 3. The van der Waals surface area contributed by atoms with Gasteiger partial charge in [0.05, 0.1) is 32.1 Å². The predicted octanol–water partition coefficient (Wildman–Crippen LogP) is 3.23. The van der Waals surface area contributed by atoms with E-state index >= 15 is 0 Å². The molecule has 0 aliphatic carbocycles. The van der Waals surface area contributed by atoms with Gasteiger partial charge in [-0.3, -0.25) is 9.88 Å². The molecule has 0 amide bonds. The van der Waals surface area contributed by atoms with Gasteiger partial charge in [0.1, 0.15) is 5.82 Å². The van der Waals surface area contributed by atoms with E-state index in [1.807, 2.05) is 30.6 Å². The Morgan fingerprint density at radius 1 is 1.00 bits per heavy atom. The summed E-state index contributed by atoms with van der Waals surface area (Å²) in [5, 5.41) is 14.2. The van der Waals surface area contributed by atoms with Gasteiger partial charge in [-0.15, -0.1) is 0 Å². The largest absolute Gasteiger partial charge is 0.490 e. The van der Waals surface area contributed by atoms with E-state index < -0.39 is 24.3 Å². The second kappa shape index (κ2) is 14.8. The third-order valence-electron chi connectivity index (χ3n) is 5.49. The zero-order valence-electron chi connectivity index (χ0n) is 20.6. The lowest BCUT2D eigenvalue weighted by Gasteiger charge is -2.25. The second-order valence-electron chi connectivity index (χ2n) is 8.73. The first-order valence-electron chi connectivity index (χ1n) is 11.6. The lowest BCUT2D eigenvalue weighted by molar-refractivity contribution is -0.193. The molecule has 0 saturated carbocycles. The predicted molar refractivity (Wildman–Crippen MR) is 121 cm³/mol. The molecule has 0 bridgehead atoms. The highest BCUT2D eigenvalue weighted by molar-refractivity contribution is 5.73. The van der Waals surface area contributed by atoms with Crippen molar-refractivity contribution in [1.29, 1.82) is 0 Å². The third-order valence-corrected chi connectivity index (χ3v) is 5.49. The number of imidazole rings is 1. The number of hydrogen-bond acceptors (Lipinski definition) is 7. The summed E-state index contributed by atoms with van der Waals surface area (Å²) in [5.74, 6) is -3.25. The highest BCUT2D eigenvalue weighted by Gasteiger charge is 2.38. The van der Waals surface area contributed by atoms with Gasteiger partial charge in [-0.05, 0) is 24.5 Å². The van der Waals surface area contributed by atoms with Crippen LogP contribution in [0.15, 0.2) is 36.8 Å². The van der Waals surface area contributed by atoms with Crippen molar-refractivity contribution in [3.63, 3.8) is 0 Å². The molecular formula is C23H28F6N4O6. The first-order valence-corrected chi connectivity index (χ1v) is 11.6. The van der Waals surface area contributed by atoms with E-state index in [9.17, 15) is 26.3 Å². The lowest BCUT2D eigenvalue weighted by Crippen LogP contribution is -2.34. The average Bonchev–Trinajstić information content (AvgIpc) is 3.48. The fourth-order valence-corrected chi connectivity index (χ4v) is 3.77. The molecule has 2 aromatic heterocycles. The molecule has 2 aliphatic heterocycles. The Labute approximate surface area is 219 Å². The molecular weight excluding hydrogens is 542 g/mol. The molecule has 0 spiro atoms. The molecule has 10 nitrogen and oxygen atoms in total. The van der Waals surface area contributed by atoms with Crippen LogP contribution in [0, 0.1) is 11.8 Å². The minimum absolute atomic E-state index is 0.460. The van der Waals surface area contributed by atoms with Crippen molar-refractivity contribution in [3.05, 3.63) is 48.3 Å². The molecule has 0 radical (unpaired) electrons. The van der Waals surface area contributed by atoms with Crippen molar-refractivity contribution in [2.24, 2.45) is 11.8 Å². The number of carboxylic acids is 2. The maximum atomic E-state index is 10.6. The molecule has 0 aromatic carbocycles. The highest BCUT2D eigenvalue weighted by atomic mass is 19.4. The van der Waals surface area contributed by atoms with Gasteiger partial charge < -0.3 is 24.3 Å². The van der Waals surface area contributed by atoms with Crippen molar-refractivity contribution in [2.75, 3.05) is 32.9 Å². The zero-order chi connectivity index (χ0) is 29.1. The summed E-state index contributed by atoms with van der Waals surface area (Å²) in [4.78, 5) is 29.2. The molecule has 1 fully saturated rings. The van der Waals surface area contributed by atoms with Crippen molar-refractivity contribution in [2.45, 2.75) is 38.5 Å². The third kappa shape index (κ3) is 12.0. The fraction of sp³-hybridized carbons (Fsp3) is 0.565. The standard InChI is InChI=1S/C19H26N4O2.2C2HF3O2/c1-2-5-20-18(3-1)15-25-14-17-10-22(9-16-4-8-24-13-16)12-19-21-6-7-23(19)11-17;2*3-2(4,5)1(6)7/h1-3,5-7,16-17H,4,8-15H2;2*(H,6,7). The quantitative estimate of drug-likeness (QED) is 0.504. The van der Waals surface area contributed by atoms with Crippen LogP contribution in [0.5, 0.6) is 0 Å². The fourth-order valence-electron chi connectivity index (χ4n) is 3.77. The Hall–Kier alpha value is -3.24. The molecule has 2 atom stereocenters. The van der Waals surface area contributed by atoms with Gasteiger partial charge >= 0.3 is 24.3 Å². The number of aliphatic carboxylic acids is 2. The van der Waals surface area contributed by atoms with Gasteiger partial charge in [0.15, 0.2) is 0 Å². The SMILES string of the molecule is O=C(O)C(F)(F)F.O=C(O)C(F)(F)F.c1ccc(COCC2CN(CC3CCOC3)Cc3nccn3C2)nc1. The molecule has 16 heteroatoms. The van der Waals surface area contributed by atoms with Gasteiger partial charge in [-0.25, -0.2) is 14.6 Å². The first-order chi connectivity index (χ1) is 18.3. The number of halogens is 6. The molecule has 4 rings (SSSR count). The number of carbonyl (C=O) groups is 2. The van der Waals surface area contributed by atoms with Crippen LogP contribution in [0.4, 0.5) is 26.3 Å². The van der Waals surface area contributed by atoms with E-state index in [1.165, 1.54) is 6.42 Å². The van der Waals surface area contributed by atoms with Gasteiger partial charge in [-0.2, -0.15) is 26.3 Å². The molecule has 2 aliphatic rings. The van der Waals surface area contributed by atoms with Gasteiger partial charge in [0.25, 0.3) is 0 Å². The van der Waals surface area contributed by atoms with Crippen LogP contribution >= 0.6 is 0 Å². The minimum atomic E-state index is -5.08. The van der Waals surface area contributed by atoms with Crippen LogP contribution in [-0.2, 0) is 38.8 Å². The Kier molecular flexibility index (Phi) is 12.1. The smallest absolute Gasteiger partial charge is 0.475 e. The summed E-state index contributed by atoms with van der Waals surface area (Å²) in [7, 11) is 0. The molecule has 2 aromatic rings. The number of nitrogens with zero attached hydrogens (tertiary/aromatic N) is 4. The van der Waals surface area contributed by atoms with E-state index in [-0.39, 0.29) is 0 Å². The number of rotatable bonds is 6. The van der Waals surface area contributed by atoms with Crippen molar-refractivity contribution in [1.82, 2.24) is 19.4 Å². The highest BCUT2D eigenvalue weighted by Crippen LogP contribution is 2.21. The monoisotopic (exact) mass is 570 g/mol. The summed E-state index contributed by atoms with van der Waals surface area (Å²) in [6.07, 6.45) is -3.19. The van der Waals surface area contributed by atoms with Crippen LogP contribution in [0.3, 0.4) is 0 Å². The van der Waals surface area contributed by atoms with E-state index in [4.69, 9.17) is 29.3 Å². The maximum absolute atomic E-state index is 10.6. The van der Waals surface area contributed by atoms with Crippen LogP contribution in [0.2, 0.25) is 0 Å². The van der Waals surface area contributed by atoms with Crippen molar-refractivity contribution >= 4 is 11.9 Å². The molecule has 39 heavy (non-hydrogen) atoms. The molecule has 2 unspecified atom stereocenters. The number of pyridine rings is 1. The number of fused-ring (bicyclic) bond motifs is 1. The van der Waals surface area contributed by atoms with Crippen molar-refractivity contribution < 1.29 is 55.6 Å². The summed E-state index contributed by atoms with van der Waals surface area (Å²) < 4.78 is 77.3. The Balaban J connectivity index is 0.000000317. The van der Waals surface area contributed by atoms with Gasteiger partial charge in [0.2, 0.25) is 0 Å². The summed E-state index contributed by atoms with van der Waals surface area (Å²) >= 11 is 0. The van der Waals surface area contributed by atoms with Crippen LogP contribution in [0.25, 0.3) is 0 Å². The summed E-state index contributed by atoms with van der Waals surface area (Å²) in [6, 6.07) is 5.94. The normalized spacial score (nSPS) is 19.5. The molecule has 2 N–H and O–H groups in total. The number of ether oxygens (including phenoxy) is 2. The topological polar surface area (TPSA) is 127 Å². The molecule has 4 heterocycles. The average molecular weight is 570 g/mol. The Morgan fingerprint density at radius 3 is 2.21 bits per heavy atom. The Morgan fingerprint density at radius 2 is 1.67 bits per heavy atom. The minimum Gasteiger partial charge on any atom is -0.475 e. The van der Waals surface area contributed by atoms with Crippen LogP contribution < -0.4 is 0 Å². The van der Waals surface area contributed by atoms with Gasteiger partial charge in [0, 0.05) is 50.7 Å². The van der Waals surface area contributed by atoms with E-state index in [2.05, 4.69) is 25.6 Å². The summed E-state index contributed by atoms with van der Waals surface area (Å²) in [5.41, 5.74) is 0.986. The summed E-state index contributed by atoms with van der Waals surface area (Å²) in [6.45, 7) is 7.13. The Bertz CT molecular complexity index is 1000.